The molecule has 3 aromatic rings. The molecule has 2 aromatic carbocycles. The molecule has 6 heteroatoms. The Morgan fingerprint density at radius 1 is 1.07 bits per heavy atom. The van der Waals surface area contributed by atoms with E-state index in [0.29, 0.717) is 18.4 Å². The predicted octanol–water partition coefficient (Wildman–Crippen LogP) is 3.84. The van der Waals surface area contributed by atoms with Crippen molar-refractivity contribution in [3.05, 3.63) is 94.3 Å². The number of halogens is 2. The lowest BCUT2D eigenvalue weighted by Crippen LogP contribution is -2.15. The van der Waals surface area contributed by atoms with Crippen molar-refractivity contribution in [3.63, 3.8) is 0 Å². The first kappa shape index (κ1) is 19.5. The average molecular weight is 382 g/mol. The van der Waals surface area contributed by atoms with Crippen molar-refractivity contribution in [3.8, 4) is 5.75 Å². The van der Waals surface area contributed by atoms with Gasteiger partial charge >= 0.3 is 0 Å². The lowest BCUT2D eigenvalue weighted by atomic mass is 9.98. The number of carbonyl (C=O) groups is 1. The van der Waals surface area contributed by atoms with Crippen molar-refractivity contribution in [1.29, 1.82) is 0 Å². The second-order valence-corrected chi connectivity index (χ2v) is 6.43. The molecule has 4 nitrogen and oxygen atoms in total. The van der Waals surface area contributed by atoms with Crippen LogP contribution in [0.15, 0.2) is 54.7 Å². The van der Waals surface area contributed by atoms with Gasteiger partial charge in [0, 0.05) is 18.3 Å². The zero-order chi connectivity index (χ0) is 20.1. The Morgan fingerprint density at radius 2 is 1.79 bits per heavy atom. The molecule has 2 N–H and O–H groups in total. The Labute approximate surface area is 162 Å². The number of nitrogens with zero attached hydrogens (tertiary/aromatic N) is 1. The van der Waals surface area contributed by atoms with E-state index in [1.165, 1.54) is 18.3 Å². The SMILES string of the molecule is COc1ccc(Cc2cc(CCc3cccc(F)c3F)c(C(N)=O)cn2)cc1. The summed E-state index contributed by atoms with van der Waals surface area (Å²) in [5.41, 5.74) is 8.43. The molecule has 0 spiro atoms. The molecule has 28 heavy (non-hydrogen) atoms. The molecule has 1 heterocycles. The Balaban J connectivity index is 1.82. The van der Waals surface area contributed by atoms with Crippen LogP contribution in [0.1, 0.15) is 32.7 Å². The molecule has 3 rings (SSSR count). The largest absolute Gasteiger partial charge is 0.497 e. The molecule has 0 fully saturated rings. The van der Waals surface area contributed by atoms with E-state index in [-0.39, 0.29) is 17.5 Å². The van der Waals surface area contributed by atoms with Crippen LogP contribution < -0.4 is 10.5 Å². The number of benzene rings is 2. The van der Waals surface area contributed by atoms with Gasteiger partial charge in [-0.05, 0) is 53.8 Å². The second kappa shape index (κ2) is 8.61. The molecule has 144 valence electrons. The highest BCUT2D eigenvalue weighted by Gasteiger charge is 2.13. The number of hydrogen-bond acceptors (Lipinski definition) is 3. The van der Waals surface area contributed by atoms with Gasteiger partial charge in [-0.2, -0.15) is 0 Å². The van der Waals surface area contributed by atoms with Crippen LogP contribution in [-0.4, -0.2) is 18.0 Å². The lowest BCUT2D eigenvalue weighted by molar-refractivity contribution is 0.0999. The first-order chi connectivity index (χ1) is 13.5. The number of methoxy groups -OCH3 is 1. The third kappa shape index (κ3) is 4.52. The summed E-state index contributed by atoms with van der Waals surface area (Å²) in [5.74, 6) is -1.59. The Hall–Kier alpha value is -3.28. The second-order valence-electron chi connectivity index (χ2n) is 6.43. The summed E-state index contributed by atoms with van der Waals surface area (Å²) in [6, 6.07) is 13.5. The maximum absolute atomic E-state index is 13.9. The number of ether oxygens (including phenoxy) is 1. The highest BCUT2D eigenvalue weighted by Crippen LogP contribution is 2.19. The van der Waals surface area contributed by atoms with Crippen molar-refractivity contribution in [2.45, 2.75) is 19.3 Å². The number of primary amides is 1. The molecule has 0 saturated carbocycles. The summed E-state index contributed by atoms with van der Waals surface area (Å²) in [6.07, 6.45) is 2.59. The molecule has 0 atom stereocenters. The Bertz CT molecular complexity index is 988. The fraction of sp³-hybridized carbons (Fsp3) is 0.182. The van der Waals surface area contributed by atoms with Gasteiger partial charge in [-0.15, -0.1) is 0 Å². The zero-order valence-corrected chi connectivity index (χ0v) is 15.4. The summed E-state index contributed by atoms with van der Waals surface area (Å²) in [6.45, 7) is 0. The zero-order valence-electron chi connectivity index (χ0n) is 15.4. The molecule has 1 aromatic heterocycles. The summed E-state index contributed by atoms with van der Waals surface area (Å²) in [5, 5.41) is 0. The topological polar surface area (TPSA) is 65.2 Å². The van der Waals surface area contributed by atoms with Crippen molar-refractivity contribution < 1.29 is 18.3 Å². The molecular weight excluding hydrogens is 362 g/mol. The van der Waals surface area contributed by atoms with Crippen LogP contribution >= 0.6 is 0 Å². The van der Waals surface area contributed by atoms with E-state index < -0.39 is 17.5 Å². The number of hydrogen-bond donors (Lipinski definition) is 1. The number of aryl methyl sites for hydroxylation is 2. The monoisotopic (exact) mass is 382 g/mol. The summed E-state index contributed by atoms with van der Waals surface area (Å²) in [7, 11) is 1.60. The molecule has 0 aliphatic carbocycles. The fourth-order valence-corrected chi connectivity index (χ4v) is 3.04. The minimum atomic E-state index is -0.887. The van der Waals surface area contributed by atoms with E-state index in [2.05, 4.69) is 4.98 Å². The highest BCUT2D eigenvalue weighted by atomic mass is 19.2. The molecule has 1 amide bonds. The van der Waals surface area contributed by atoms with Gasteiger partial charge in [-0.1, -0.05) is 24.3 Å². The molecule has 0 aliphatic rings. The van der Waals surface area contributed by atoms with Crippen LogP contribution in [0, 0.1) is 11.6 Å². The normalized spacial score (nSPS) is 10.7. The number of pyridine rings is 1. The maximum Gasteiger partial charge on any atom is 0.250 e. The van der Waals surface area contributed by atoms with Gasteiger partial charge in [0.05, 0.1) is 12.7 Å². The van der Waals surface area contributed by atoms with Gasteiger partial charge < -0.3 is 10.5 Å². The number of carbonyl (C=O) groups excluding carboxylic acids is 1. The third-order valence-corrected chi connectivity index (χ3v) is 4.55. The van der Waals surface area contributed by atoms with Crippen molar-refractivity contribution >= 4 is 5.91 Å². The molecule has 0 bridgehead atoms. The van der Waals surface area contributed by atoms with Gasteiger partial charge in [0.15, 0.2) is 11.6 Å². The summed E-state index contributed by atoms with van der Waals surface area (Å²) >= 11 is 0. The molecular formula is C22H20F2N2O2. The molecule has 0 aliphatic heterocycles. The van der Waals surface area contributed by atoms with Gasteiger partial charge in [0.2, 0.25) is 0 Å². The lowest BCUT2D eigenvalue weighted by Gasteiger charge is -2.10. The van der Waals surface area contributed by atoms with Crippen molar-refractivity contribution in [2.75, 3.05) is 7.11 Å². The number of nitrogens with two attached hydrogens (primary N) is 1. The van der Waals surface area contributed by atoms with Gasteiger partial charge in [0.1, 0.15) is 5.75 Å². The van der Waals surface area contributed by atoms with E-state index >= 15 is 0 Å². The summed E-state index contributed by atoms with van der Waals surface area (Å²) in [4.78, 5) is 16.0. The van der Waals surface area contributed by atoms with Gasteiger partial charge in [-0.3, -0.25) is 9.78 Å². The van der Waals surface area contributed by atoms with E-state index in [0.717, 1.165) is 23.1 Å². The molecule has 0 saturated heterocycles. The Morgan fingerprint density at radius 3 is 2.46 bits per heavy atom. The minimum absolute atomic E-state index is 0.246. The van der Waals surface area contributed by atoms with Crippen LogP contribution in [0.5, 0.6) is 5.75 Å². The highest BCUT2D eigenvalue weighted by molar-refractivity contribution is 5.94. The van der Waals surface area contributed by atoms with Crippen LogP contribution in [0.4, 0.5) is 8.78 Å². The fourth-order valence-electron chi connectivity index (χ4n) is 3.04. The average Bonchev–Trinajstić information content (AvgIpc) is 2.69. The van der Waals surface area contributed by atoms with Gasteiger partial charge in [-0.25, -0.2) is 8.78 Å². The van der Waals surface area contributed by atoms with Crippen LogP contribution in [0.2, 0.25) is 0 Å². The Kier molecular flexibility index (Phi) is 5.99. The standard InChI is InChI=1S/C22H20F2N2O2/c1-28-18-9-5-14(6-10-18)11-17-12-16(19(13-26-17)22(25)27)8-7-15-3-2-4-20(23)21(15)24/h2-6,9-10,12-13H,7-8,11H2,1H3,(H2,25,27). The minimum Gasteiger partial charge on any atom is -0.497 e. The van der Waals surface area contributed by atoms with Crippen molar-refractivity contribution in [2.24, 2.45) is 5.73 Å². The van der Waals surface area contributed by atoms with Crippen LogP contribution in [0.3, 0.4) is 0 Å². The van der Waals surface area contributed by atoms with E-state index in [4.69, 9.17) is 10.5 Å². The molecule has 0 radical (unpaired) electrons. The predicted molar refractivity (Wildman–Crippen MR) is 102 cm³/mol. The van der Waals surface area contributed by atoms with E-state index in [1.807, 2.05) is 24.3 Å². The van der Waals surface area contributed by atoms with Gasteiger partial charge in [0.25, 0.3) is 5.91 Å². The van der Waals surface area contributed by atoms with Crippen LogP contribution in [0.25, 0.3) is 0 Å². The quantitative estimate of drug-likeness (QED) is 0.675. The smallest absolute Gasteiger partial charge is 0.250 e. The molecule has 0 unspecified atom stereocenters. The summed E-state index contributed by atoms with van der Waals surface area (Å²) < 4.78 is 32.5. The first-order valence-corrected chi connectivity index (χ1v) is 8.81. The van der Waals surface area contributed by atoms with Crippen molar-refractivity contribution in [1.82, 2.24) is 4.98 Å². The third-order valence-electron chi connectivity index (χ3n) is 4.55. The van der Waals surface area contributed by atoms with E-state index in [9.17, 15) is 13.6 Å². The first-order valence-electron chi connectivity index (χ1n) is 8.81. The number of aromatic nitrogens is 1. The van der Waals surface area contributed by atoms with Crippen LogP contribution in [-0.2, 0) is 19.3 Å². The number of amides is 1. The maximum atomic E-state index is 13.9. The number of rotatable bonds is 7. The van der Waals surface area contributed by atoms with E-state index in [1.54, 1.807) is 13.2 Å².